The lowest BCUT2D eigenvalue weighted by molar-refractivity contribution is -0.116. The first kappa shape index (κ1) is 17.3. The minimum Gasteiger partial charge on any atom is -0.481 e. The van der Waals surface area contributed by atoms with Crippen LogP contribution < -0.4 is 10.1 Å². The molecule has 1 N–H and O–H groups in total. The predicted octanol–water partition coefficient (Wildman–Crippen LogP) is 5.04. The molecular weight excluding hydrogens is 361 g/mol. The summed E-state index contributed by atoms with van der Waals surface area (Å²) in [4.78, 5) is 13.4. The number of fused-ring (bicyclic) bond motifs is 1. The molecule has 2 aromatic carbocycles. The molecule has 0 fully saturated rings. The number of carbonyl (C=O) groups excluding carboxylic acids is 1. The van der Waals surface area contributed by atoms with Crippen molar-refractivity contribution in [2.75, 3.05) is 11.9 Å². The summed E-state index contributed by atoms with van der Waals surface area (Å²) in [6.45, 7) is 0.215. The van der Waals surface area contributed by atoms with Crippen LogP contribution in [-0.2, 0) is 4.79 Å². The molecule has 4 rings (SSSR count). The zero-order valence-electron chi connectivity index (χ0n) is 14.4. The SMILES string of the molecule is C#CCOc1ccc(C2CC(=O)Nc3c(-c4ccccc4F)csc32)cc1. The highest BCUT2D eigenvalue weighted by atomic mass is 32.1. The highest BCUT2D eigenvalue weighted by Crippen LogP contribution is 2.47. The molecule has 27 heavy (non-hydrogen) atoms. The van der Waals surface area contributed by atoms with Crippen LogP contribution in [0.2, 0.25) is 0 Å². The Morgan fingerprint density at radius 2 is 1.96 bits per heavy atom. The lowest BCUT2D eigenvalue weighted by Crippen LogP contribution is -2.22. The van der Waals surface area contributed by atoms with Crippen LogP contribution in [-0.4, -0.2) is 12.5 Å². The molecule has 3 aromatic rings. The molecule has 5 heteroatoms. The lowest BCUT2D eigenvalue weighted by atomic mass is 9.89. The molecule has 0 saturated heterocycles. The summed E-state index contributed by atoms with van der Waals surface area (Å²) in [6, 6.07) is 14.2. The minimum atomic E-state index is -0.301. The van der Waals surface area contributed by atoms with Gasteiger partial charge < -0.3 is 10.1 Å². The first-order valence-electron chi connectivity index (χ1n) is 8.49. The summed E-state index contributed by atoms with van der Waals surface area (Å²) in [7, 11) is 0. The molecule has 1 amide bonds. The number of benzene rings is 2. The van der Waals surface area contributed by atoms with Crippen molar-refractivity contribution in [1.82, 2.24) is 0 Å². The molecule has 0 spiro atoms. The number of hydrogen-bond acceptors (Lipinski definition) is 3. The molecule has 1 aromatic heterocycles. The Hall–Kier alpha value is -3.10. The number of carbonyl (C=O) groups is 1. The van der Waals surface area contributed by atoms with Crippen LogP contribution in [0.15, 0.2) is 53.9 Å². The molecule has 3 nitrogen and oxygen atoms in total. The van der Waals surface area contributed by atoms with E-state index in [1.54, 1.807) is 18.2 Å². The van der Waals surface area contributed by atoms with Gasteiger partial charge in [-0.1, -0.05) is 36.3 Å². The lowest BCUT2D eigenvalue weighted by Gasteiger charge is -2.24. The Kier molecular flexibility index (Phi) is 4.66. The van der Waals surface area contributed by atoms with E-state index in [-0.39, 0.29) is 24.2 Å². The quantitative estimate of drug-likeness (QED) is 0.647. The van der Waals surface area contributed by atoms with Gasteiger partial charge in [0.2, 0.25) is 5.91 Å². The second-order valence-electron chi connectivity index (χ2n) is 6.24. The van der Waals surface area contributed by atoms with E-state index in [4.69, 9.17) is 11.2 Å². The third kappa shape index (κ3) is 3.32. The van der Waals surface area contributed by atoms with Crippen molar-refractivity contribution in [1.29, 1.82) is 0 Å². The topological polar surface area (TPSA) is 38.3 Å². The van der Waals surface area contributed by atoms with Gasteiger partial charge in [-0.05, 0) is 23.8 Å². The first-order valence-corrected chi connectivity index (χ1v) is 9.37. The summed E-state index contributed by atoms with van der Waals surface area (Å²) >= 11 is 1.54. The Morgan fingerprint density at radius 3 is 2.70 bits per heavy atom. The van der Waals surface area contributed by atoms with Crippen molar-refractivity contribution >= 4 is 22.9 Å². The van der Waals surface area contributed by atoms with Gasteiger partial charge in [0.15, 0.2) is 0 Å². The van der Waals surface area contributed by atoms with Crippen LogP contribution in [0.4, 0.5) is 10.1 Å². The minimum absolute atomic E-state index is 0.0686. The maximum absolute atomic E-state index is 14.3. The predicted molar refractivity (Wildman–Crippen MR) is 106 cm³/mol. The van der Waals surface area contributed by atoms with Gasteiger partial charge in [-0.25, -0.2) is 4.39 Å². The van der Waals surface area contributed by atoms with Gasteiger partial charge in [0.25, 0.3) is 0 Å². The van der Waals surface area contributed by atoms with Crippen molar-refractivity contribution in [3.63, 3.8) is 0 Å². The van der Waals surface area contributed by atoms with Gasteiger partial charge in [-0.15, -0.1) is 17.8 Å². The second-order valence-corrected chi connectivity index (χ2v) is 7.15. The van der Waals surface area contributed by atoms with E-state index in [9.17, 15) is 9.18 Å². The molecule has 2 heterocycles. The summed E-state index contributed by atoms with van der Waals surface area (Å²) in [5.74, 6) is 2.68. The van der Waals surface area contributed by atoms with E-state index in [2.05, 4.69) is 11.2 Å². The monoisotopic (exact) mass is 377 g/mol. The Morgan fingerprint density at radius 1 is 1.19 bits per heavy atom. The average molecular weight is 377 g/mol. The molecule has 1 aliphatic heterocycles. The van der Waals surface area contributed by atoms with Gasteiger partial charge in [0.1, 0.15) is 18.2 Å². The average Bonchev–Trinajstić information content (AvgIpc) is 3.10. The maximum Gasteiger partial charge on any atom is 0.225 e. The summed E-state index contributed by atoms with van der Waals surface area (Å²) in [6.07, 6.45) is 5.56. The Labute approximate surface area is 160 Å². The van der Waals surface area contributed by atoms with Crippen molar-refractivity contribution in [2.45, 2.75) is 12.3 Å². The van der Waals surface area contributed by atoms with Crippen molar-refractivity contribution in [3.8, 4) is 29.2 Å². The van der Waals surface area contributed by atoms with Crippen LogP contribution >= 0.6 is 11.3 Å². The van der Waals surface area contributed by atoms with E-state index >= 15 is 0 Å². The van der Waals surface area contributed by atoms with E-state index in [1.807, 2.05) is 29.6 Å². The number of amides is 1. The zero-order chi connectivity index (χ0) is 18.8. The van der Waals surface area contributed by atoms with Gasteiger partial charge in [-0.2, -0.15) is 0 Å². The van der Waals surface area contributed by atoms with Gasteiger partial charge in [0.05, 0.1) is 5.69 Å². The molecule has 0 aliphatic carbocycles. The maximum atomic E-state index is 14.3. The summed E-state index contributed by atoms with van der Waals surface area (Å²) < 4.78 is 19.7. The number of anilines is 1. The van der Waals surface area contributed by atoms with Gasteiger partial charge in [0, 0.05) is 33.7 Å². The van der Waals surface area contributed by atoms with E-state index in [0.29, 0.717) is 23.4 Å². The molecule has 1 atom stereocenters. The number of rotatable bonds is 4. The smallest absolute Gasteiger partial charge is 0.225 e. The third-order valence-electron chi connectivity index (χ3n) is 4.56. The van der Waals surface area contributed by atoms with Crippen molar-refractivity contribution in [3.05, 3.63) is 70.2 Å². The van der Waals surface area contributed by atoms with Gasteiger partial charge in [-0.3, -0.25) is 4.79 Å². The number of terminal acetylenes is 1. The number of nitrogens with one attached hydrogen (secondary N) is 1. The van der Waals surface area contributed by atoms with Crippen LogP contribution in [0.1, 0.15) is 22.8 Å². The largest absolute Gasteiger partial charge is 0.481 e. The standard InChI is InChI=1S/C22H16FNO2S/c1-2-11-26-15-9-7-14(8-10-15)17-12-20(25)24-21-18(13-27-22(17)21)16-5-3-4-6-19(16)23/h1,3-10,13,17H,11-12H2,(H,24,25). The summed E-state index contributed by atoms with van der Waals surface area (Å²) in [5.41, 5.74) is 2.94. The Bertz CT molecular complexity index is 1030. The highest BCUT2D eigenvalue weighted by Gasteiger charge is 2.30. The molecule has 0 bridgehead atoms. The van der Waals surface area contributed by atoms with Crippen molar-refractivity contribution < 1.29 is 13.9 Å². The molecule has 0 saturated carbocycles. The number of halogens is 1. The summed E-state index contributed by atoms with van der Waals surface area (Å²) in [5, 5.41) is 4.84. The fraction of sp³-hybridized carbons (Fsp3) is 0.136. The normalized spacial score (nSPS) is 15.6. The first-order chi connectivity index (χ1) is 13.2. The van der Waals surface area contributed by atoms with Crippen LogP contribution in [0.3, 0.4) is 0 Å². The fourth-order valence-electron chi connectivity index (χ4n) is 3.30. The molecular formula is C22H16FNO2S. The number of ether oxygens (including phenoxy) is 1. The van der Waals surface area contributed by atoms with Crippen LogP contribution in [0, 0.1) is 18.2 Å². The fourth-order valence-corrected chi connectivity index (χ4v) is 4.45. The van der Waals surface area contributed by atoms with E-state index in [1.165, 1.54) is 17.4 Å². The van der Waals surface area contributed by atoms with Crippen LogP contribution in [0.25, 0.3) is 11.1 Å². The molecule has 0 radical (unpaired) electrons. The number of thiophene rings is 1. The van der Waals surface area contributed by atoms with Crippen LogP contribution in [0.5, 0.6) is 5.75 Å². The Balaban J connectivity index is 1.71. The van der Waals surface area contributed by atoms with Gasteiger partial charge >= 0.3 is 0 Å². The zero-order valence-corrected chi connectivity index (χ0v) is 15.2. The van der Waals surface area contributed by atoms with Crippen molar-refractivity contribution in [2.24, 2.45) is 0 Å². The highest BCUT2D eigenvalue weighted by molar-refractivity contribution is 7.11. The molecule has 1 aliphatic rings. The van der Waals surface area contributed by atoms with E-state index < -0.39 is 0 Å². The number of hydrogen-bond donors (Lipinski definition) is 1. The second kappa shape index (κ2) is 7.26. The third-order valence-corrected chi connectivity index (χ3v) is 5.65. The molecule has 1 unspecified atom stereocenters. The van der Waals surface area contributed by atoms with E-state index in [0.717, 1.165) is 16.0 Å². The molecule has 134 valence electrons.